The lowest BCUT2D eigenvalue weighted by molar-refractivity contribution is 0.403. The second-order valence-corrected chi connectivity index (χ2v) is 5.35. The molecular formula is C15H19NOS. The average Bonchev–Trinajstić information content (AvgIpc) is 2.91. The van der Waals surface area contributed by atoms with Crippen LogP contribution in [0.4, 0.5) is 0 Å². The Morgan fingerprint density at radius 3 is 2.78 bits per heavy atom. The quantitative estimate of drug-likeness (QED) is 0.859. The molecule has 0 aliphatic rings. The predicted octanol–water partition coefficient (Wildman–Crippen LogP) is 3.78. The molecule has 0 saturated heterocycles. The smallest absolute Gasteiger partial charge is 0.123 e. The van der Waals surface area contributed by atoms with E-state index in [9.17, 15) is 0 Å². The molecule has 1 aromatic carbocycles. The fourth-order valence-electron chi connectivity index (χ4n) is 2.08. The van der Waals surface area contributed by atoms with E-state index in [1.807, 2.05) is 29.5 Å². The van der Waals surface area contributed by atoms with Gasteiger partial charge >= 0.3 is 0 Å². The molecule has 96 valence electrons. The van der Waals surface area contributed by atoms with Crippen molar-refractivity contribution in [2.75, 3.05) is 7.11 Å². The first-order valence-corrected chi connectivity index (χ1v) is 7.10. The topological polar surface area (TPSA) is 35.2 Å². The summed E-state index contributed by atoms with van der Waals surface area (Å²) in [6, 6.07) is 12.3. The van der Waals surface area contributed by atoms with E-state index in [0.717, 1.165) is 30.6 Å². The van der Waals surface area contributed by atoms with Crippen molar-refractivity contribution >= 4 is 11.3 Å². The van der Waals surface area contributed by atoms with Crippen molar-refractivity contribution in [1.82, 2.24) is 0 Å². The summed E-state index contributed by atoms with van der Waals surface area (Å²) in [6.07, 6.45) is 3.21. The molecule has 0 aliphatic carbocycles. The average molecular weight is 261 g/mol. The first kappa shape index (κ1) is 13.1. The summed E-state index contributed by atoms with van der Waals surface area (Å²) in [5.74, 6) is 0.890. The summed E-state index contributed by atoms with van der Waals surface area (Å²) in [5, 5.41) is 2.12. The Bertz CT molecular complexity index is 467. The summed E-state index contributed by atoms with van der Waals surface area (Å²) >= 11 is 1.81. The second kappa shape index (κ2) is 6.57. The van der Waals surface area contributed by atoms with Gasteiger partial charge in [0.1, 0.15) is 5.75 Å². The van der Waals surface area contributed by atoms with Crippen molar-refractivity contribution in [3.8, 4) is 5.75 Å². The van der Waals surface area contributed by atoms with Crippen molar-refractivity contribution in [1.29, 1.82) is 0 Å². The van der Waals surface area contributed by atoms with Gasteiger partial charge in [0.2, 0.25) is 0 Å². The Labute approximate surface area is 112 Å². The number of methoxy groups -OCH3 is 1. The molecular weight excluding hydrogens is 242 g/mol. The van der Waals surface area contributed by atoms with Gasteiger partial charge < -0.3 is 10.5 Å². The minimum Gasteiger partial charge on any atom is -0.496 e. The first-order chi connectivity index (χ1) is 8.81. The third kappa shape index (κ3) is 3.34. The number of benzene rings is 1. The molecule has 0 amide bonds. The first-order valence-electron chi connectivity index (χ1n) is 6.22. The fraction of sp³-hybridized carbons (Fsp3) is 0.333. The number of hydrogen-bond acceptors (Lipinski definition) is 3. The zero-order valence-corrected chi connectivity index (χ0v) is 11.5. The summed E-state index contributed by atoms with van der Waals surface area (Å²) in [6.45, 7) is 0. The fourth-order valence-corrected chi connectivity index (χ4v) is 2.83. The molecule has 1 unspecified atom stereocenters. The van der Waals surface area contributed by atoms with E-state index < -0.39 is 0 Å². The number of ether oxygens (including phenoxy) is 1. The molecule has 0 saturated carbocycles. The molecule has 0 aliphatic heterocycles. The monoisotopic (exact) mass is 261 g/mol. The molecule has 2 nitrogen and oxygen atoms in total. The van der Waals surface area contributed by atoms with Crippen LogP contribution in [0.3, 0.4) is 0 Å². The van der Waals surface area contributed by atoms with Gasteiger partial charge in [-0.15, -0.1) is 11.3 Å². The summed E-state index contributed by atoms with van der Waals surface area (Å²) in [5.41, 5.74) is 7.34. The molecule has 0 spiro atoms. The van der Waals surface area contributed by atoms with E-state index in [-0.39, 0.29) is 6.04 Å². The van der Waals surface area contributed by atoms with Gasteiger partial charge in [-0.2, -0.15) is 0 Å². The predicted molar refractivity (Wildman–Crippen MR) is 77.2 cm³/mol. The van der Waals surface area contributed by atoms with Crippen LogP contribution in [0.5, 0.6) is 5.75 Å². The van der Waals surface area contributed by atoms with Crippen LogP contribution in [-0.4, -0.2) is 7.11 Å². The maximum Gasteiger partial charge on any atom is 0.123 e. The van der Waals surface area contributed by atoms with Gasteiger partial charge in [-0.05, 0) is 36.8 Å². The number of para-hydroxylation sites is 1. The molecule has 0 radical (unpaired) electrons. The number of nitrogens with two attached hydrogens (primary N) is 1. The number of rotatable bonds is 6. The highest BCUT2D eigenvalue weighted by atomic mass is 32.1. The van der Waals surface area contributed by atoms with Crippen LogP contribution in [0.2, 0.25) is 0 Å². The highest BCUT2D eigenvalue weighted by Gasteiger charge is 2.10. The zero-order valence-electron chi connectivity index (χ0n) is 10.6. The van der Waals surface area contributed by atoms with Crippen LogP contribution in [0.1, 0.15) is 29.3 Å². The Morgan fingerprint density at radius 2 is 2.06 bits per heavy atom. The molecule has 2 rings (SSSR count). The Hall–Kier alpha value is -1.32. The maximum absolute atomic E-state index is 6.23. The van der Waals surface area contributed by atoms with Crippen molar-refractivity contribution in [3.63, 3.8) is 0 Å². The van der Waals surface area contributed by atoms with E-state index in [0.29, 0.717) is 0 Å². The van der Waals surface area contributed by atoms with Gasteiger partial charge in [0.15, 0.2) is 0 Å². The third-order valence-corrected chi connectivity index (χ3v) is 3.99. The lowest BCUT2D eigenvalue weighted by atomic mass is 10.0. The van der Waals surface area contributed by atoms with Crippen LogP contribution in [0.25, 0.3) is 0 Å². The van der Waals surface area contributed by atoms with Gasteiger partial charge in [-0.1, -0.05) is 24.3 Å². The minimum absolute atomic E-state index is 0.0566. The largest absolute Gasteiger partial charge is 0.496 e. The Kier molecular flexibility index (Phi) is 4.79. The van der Waals surface area contributed by atoms with Gasteiger partial charge in [-0.25, -0.2) is 0 Å². The number of thiophene rings is 1. The van der Waals surface area contributed by atoms with Crippen molar-refractivity contribution in [3.05, 3.63) is 52.2 Å². The van der Waals surface area contributed by atoms with Crippen molar-refractivity contribution in [2.24, 2.45) is 5.73 Å². The third-order valence-electron chi connectivity index (χ3n) is 3.06. The molecule has 1 aromatic heterocycles. The van der Waals surface area contributed by atoms with Crippen LogP contribution in [-0.2, 0) is 6.42 Å². The van der Waals surface area contributed by atoms with Crippen LogP contribution < -0.4 is 10.5 Å². The second-order valence-electron chi connectivity index (χ2n) is 4.32. The van der Waals surface area contributed by atoms with Crippen LogP contribution in [0, 0.1) is 0 Å². The van der Waals surface area contributed by atoms with Crippen molar-refractivity contribution in [2.45, 2.75) is 25.3 Å². The lowest BCUT2D eigenvalue weighted by Crippen LogP contribution is -2.11. The Morgan fingerprint density at radius 1 is 1.22 bits per heavy atom. The molecule has 0 fully saturated rings. The van der Waals surface area contributed by atoms with E-state index >= 15 is 0 Å². The van der Waals surface area contributed by atoms with Gasteiger partial charge in [0.05, 0.1) is 7.11 Å². The SMILES string of the molecule is COc1ccccc1C(N)CCCc1cccs1. The van der Waals surface area contributed by atoms with E-state index in [1.165, 1.54) is 4.88 Å². The standard InChI is InChI=1S/C15H19NOS/c1-17-15-10-3-2-8-13(15)14(16)9-4-6-12-7-5-11-18-12/h2-3,5,7-8,10-11,14H,4,6,9,16H2,1H3. The maximum atomic E-state index is 6.23. The summed E-state index contributed by atoms with van der Waals surface area (Å²) < 4.78 is 5.34. The van der Waals surface area contributed by atoms with Crippen molar-refractivity contribution < 1.29 is 4.74 Å². The van der Waals surface area contributed by atoms with E-state index in [4.69, 9.17) is 10.5 Å². The molecule has 2 N–H and O–H groups in total. The van der Waals surface area contributed by atoms with Gasteiger partial charge in [-0.3, -0.25) is 0 Å². The molecule has 18 heavy (non-hydrogen) atoms. The van der Waals surface area contributed by atoms with E-state index in [2.05, 4.69) is 23.6 Å². The number of hydrogen-bond donors (Lipinski definition) is 1. The molecule has 1 heterocycles. The summed E-state index contributed by atoms with van der Waals surface area (Å²) in [4.78, 5) is 1.43. The highest BCUT2D eigenvalue weighted by molar-refractivity contribution is 7.09. The Balaban J connectivity index is 1.89. The number of aryl methyl sites for hydroxylation is 1. The summed E-state index contributed by atoms with van der Waals surface area (Å²) in [7, 11) is 1.69. The molecule has 1 atom stereocenters. The lowest BCUT2D eigenvalue weighted by Gasteiger charge is -2.15. The van der Waals surface area contributed by atoms with Crippen LogP contribution in [0.15, 0.2) is 41.8 Å². The molecule has 0 bridgehead atoms. The minimum atomic E-state index is 0.0566. The van der Waals surface area contributed by atoms with E-state index in [1.54, 1.807) is 7.11 Å². The van der Waals surface area contributed by atoms with Crippen LogP contribution >= 0.6 is 11.3 Å². The van der Waals surface area contributed by atoms with Gasteiger partial charge in [0, 0.05) is 16.5 Å². The molecule has 2 aromatic rings. The highest BCUT2D eigenvalue weighted by Crippen LogP contribution is 2.26. The normalized spacial score (nSPS) is 12.3. The van der Waals surface area contributed by atoms with Gasteiger partial charge in [0.25, 0.3) is 0 Å². The molecule has 3 heteroatoms. The zero-order chi connectivity index (χ0) is 12.8.